The fourth-order valence-electron chi connectivity index (χ4n) is 4.49. The molecule has 3 heterocycles. The Labute approximate surface area is 215 Å². The molecule has 2 fully saturated rings. The summed E-state index contributed by atoms with van der Waals surface area (Å²) in [6.45, 7) is 0.791. The number of hydrogen-bond acceptors (Lipinski definition) is 8. The number of fused-ring (bicyclic) bond motifs is 1. The van der Waals surface area contributed by atoms with Crippen molar-refractivity contribution < 1.29 is 36.0 Å². The lowest BCUT2D eigenvalue weighted by Crippen LogP contribution is -2.60. The van der Waals surface area contributed by atoms with E-state index in [9.17, 15) is 26.6 Å². The lowest BCUT2D eigenvalue weighted by atomic mass is 9.90. The number of benzene rings is 2. The first-order valence-electron chi connectivity index (χ1n) is 11.5. The van der Waals surface area contributed by atoms with Crippen LogP contribution >= 0.6 is 0 Å². The summed E-state index contributed by atoms with van der Waals surface area (Å²) >= 11 is 0. The maximum atomic E-state index is 13.9. The molecule has 0 radical (unpaired) electrons. The highest BCUT2D eigenvalue weighted by Gasteiger charge is 2.52. The van der Waals surface area contributed by atoms with Crippen LogP contribution in [0.15, 0.2) is 41.0 Å². The first-order valence-corrected chi connectivity index (χ1v) is 13.4. The van der Waals surface area contributed by atoms with E-state index in [2.05, 4.69) is 19.6 Å². The Bertz CT molecular complexity index is 1520. The summed E-state index contributed by atoms with van der Waals surface area (Å²) in [5, 5.41) is 5.34. The molecule has 2 aliphatic rings. The maximum Gasteiger partial charge on any atom is 0.405 e. The highest BCUT2D eigenvalue weighted by atomic mass is 32.2. The molecule has 0 aliphatic carbocycles. The number of alkyl halides is 3. The van der Waals surface area contributed by atoms with Gasteiger partial charge in [0.25, 0.3) is 5.91 Å². The van der Waals surface area contributed by atoms with E-state index in [0.717, 1.165) is 17.7 Å². The van der Waals surface area contributed by atoms with Gasteiger partial charge in [-0.2, -0.15) is 17.5 Å². The summed E-state index contributed by atoms with van der Waals surface area (Å²) in [5.74, 6) is -0.423. The molecule has 202 valence electrons. The average Bonchev–Trinajstić information content (AvgIpc) is 2.79. The molecule has 1 amide bonds. The molecular formula is C24H23F4N5O4S. The van der Waals surface area contributed by atoms with Crippen molar-refractivity contribution in [3.63, 3.8) is 0 Å². The third kappa shape index (κ3) is 5.65. The van der Waals surface area contributed by atoms with E-state index in [4.69, 9.17) is 9.47 Å². The van der Waals surface area contributed by atoms with Crippen LogP contribution in [0.4, 0.5) is 34.8 Å². The fraction of sp³-hybridized carbons (Fsp3) is 0.375. The monoisotopic (exact) mass is 553 g/mol. The van der Waals surface area contributed by atoms with Crippen molar-refractivity contribution in [2.45, 2.75) is 13.1 Å². The highest BCUT2D eigenvalue weighted by molar-refractivity contribution is 7.95. The molecule has 1 aromatic heterocycles. The minimum absolute atomic E-state index is 0.000320. The van der Waals surface area contributed by atoms with Gasteiger partial charge in [-0.05, 0) is 36.8 Å². The molecule has 1 spiro atoms. The fourth-order valence-corrected chi connectivity index (χ4v) is 7.27. The Hall–Kier alpha value is -3.52. The highest BCUT2D eigenvalue weighted by Crippen LogP contribution is 2.42. The number of hydrogen-bond donors (Lipinski definition) is 2. The van der Waals surface area contributed by atoms with E-state index < -0.39 is 40.8 Å². The molecule has 2 aliphatic heterocycles. The van der Waals surface area contributed by atoms with Crippen LogP contribution in [0.1, 0.15) is 5.56 Å². The van der Waals surface area contributed by atoms with Gasteiger partial charge in [0.2, 0.25) is 0 Å². The molecule has 9 nitrogen and oxygen atoms in total. The number of rotatable bonds is 7. The average molecular weight is 554 g/mol. The third-order valence-corrected chi connectivity index (χ3v) is 8.78. The molecule has 0 unspecified atom stereocenters. The molecule has 2 aromatic carbocycles. The van der Waals surface area contributed by atoms with Gasteiger partial charge >= 0.3 is 6.18 Å². The molecule has 0 bridgehead atoms. The molecule has 3 aromatic rings. The molecular weight excluding hydrogens is 530 g/mol. The van der Waals surface area contributed by atoms with E-state index in [-0.39, 0.29) is 16.9 Å². The molecule has 5 rings (SSSR count). The third-order valence-electron chi connectivity index (χ3n) is 6.11. The van der Waals surface area contributed by atoms with E-state index in [1.54, 1.807) is 17.4 Å². The van der Waals surface area contributed by atoms with E-state index in [1.165, 1.54) is 12.4 Å². The standard InChI is InChI=1S/C24H23F4N5O4S/c1-14-4-16(33-38(35)11-23(12-38)9-36-10-23)6-18-21(14)22(31-13-30-18)32-17-3-2-15(25)5-19(17)37-7-20(34)29-8-24(26,27)28/h2-6,13H,7-12H2,1H3,(H,29,34)(H,30,31,32). The van der Waals surface area contributed by atoms with Gasteiger partial charge in [0, 0.05) is 28.4 Å². The predicted molar refractivity (Wildman–Crippen MR) is 132 cm³/mol. The zero-order chi connectivity index (χ0) is 27.1. The summed E-state index contributed by atoms with van der Waals surface area (Å²) in [7, 11) is -2.35. The van der Waals surface area contributed by atoms with Crippen LogP contribution in [-0.4, -0.2) is 64.1 Å². The zero-order valence-electron chi connectivity index (χ0n) is 20.1. The number of ether oxygens (including phenoxy) is 2. The van der Waals surface area contributed by atoms with Crippen LogP contribution < -0.4 is 15.4 Å². The summed E-state index contributed by atoms with van der Waals surface area (Å²) in [5.41, 5.74) is 2.04. The van der Waals surface area contributed by atoms with Crippen molar-refractivity contribution in [3.8, 4) is 5.75 Å². The first kappa shape index (κ1) is 26.1. The molecule has 0 saturated carbocycles. The van der Waals surface area contributed by atoms with Crippen LogP contribution in [0.2, 0.25) is 0 Å². The molecule has 2 saturated heterocycles. The maximum absolute atomic E-state index is 13.9. The van der Waals surface area contributed by atoms with Crippen molar-refractivity contribution in [2.75, 3.05) is 43.2 Å². The summed E-state index contributed by atoms with van der Waals surface area (Å²) in [6, 6.07) is 6.99. The topological polar surface area (TPSA) is 115 Å². The number of amides is 1. The van der Waals surface area contributed by atoms with Gasteiger partial charge in [0.05, 0.1) is 39.8 Å². The van der Waals surface area contributed by atoms with Gasteiger partial charge in [-0.25, -0.2) is 18.6 Å². The van der Waals surface area contributed by atoms with Gasteiger partial charge < -0.3 is 20.1 Å². The number of nitrogens with one attached hydrogen (secondary N) is 2. The minimum atomic E-state index is -4.57. The Kier molecular flexibility index (Phi) is 6.63. The smallest absolute Gasteiger partial charge is 0.405 e. The Morgan fingerprint density at radius 1 is 1.21 bits per heavy atom. The van der Waals surface area contributed by atoms with E-state index >= 15 is 0 Å². The summed E-state index contributed by atoms with van der Waals surface area (Å²) in [6.07, 6.45) is -3.26. The number of carbonyl (C=O) groups excluding carboxylic acids is 1. The predicted octanol–water partition coefficient (Wildman–Crippen LogP) is 4.01. The van der Waals surface area contributed by atoms with Crippen molar-refractivity contribution in [3.05, 3.63) is 48.0 Å². The second kappa shape index (κ2) is 9.66. The van der Waals surface area contributed by atoms with Gasteiger partial charge in [0.1, 0.15) is 30.3 Å². The molecule has 0 atom stereocenters. The van der Waals surface area contributed by atoms with Crippen molar-refractivity contribution in [1.82, 2.24) is 15.3 Å². The number of anilines is 2. The van der Waals surface area contributed by atoms with Crippen LogP contribution in [0.5, 0.6) is 5.75 Å². The minimum Gasteiger partial charge on any atom is -0.481 e. The molecule has 38 heavy (non-hydrogen) atoms. The van der Waals surface area contributed by atoms with Gasteiger partial charge in [-0.15, -0.1) is 0 Å². The number of aryl methyl sites for hydroxylation is 1. The first-order chi connectivity index (χ1) is 17.9. The molecule has 2 N–H and O–H groups in total. The zero-order valence-corrected chi connectivity index (χ0v) is 20.9. The van der Waals surface area contributed by atoms with Crippen LogP contribution in [-0.2, 0) is 19.3 Å². The van der Waals surface area contributed by atoms with Crippen LogP contribution in [0, 0.1) is 18.2 Å². The van der Waals surface area contributed by atoms with Crippen LogP contribution in [0.25, 0.3) is 10.9 Å². The lowest BCUT2D eigenvalue weighted by Gasteiger charge is -2.49. The normalized spacial score (nSPS) is 17.4. The number of carbonyl (C=O) groups is 1. The van der Waals surface area contributed by atoms with Crippen molar-refractivity contribution in [2.24, 2.45) is 9.78 Å². The van der Waals surface area contributed by atoms with Gasteiger partial charge in [0.15, 0.2) is 6.61 Å². The number of halogens is 4. The lowest BCUT2D eigenvalue weighted by molar-refractivity contribution is -0.139. The van der Waals surface area contributed by atoms with Gasteiger partial charge in [-0.3, -0.25) is 4.79 Å². The largest absolute Gasteiger partial charge is 0.481 e. The van der Waals surface area contributed by atoms with E-state index in [0.29, 0.717) is 47.1 Å². The Morgan fingerprint density at radius 3 is 2.66 bits per heavy atom. The number of aromatic nitrogens is 2. The second-order valence-corrected chi connectivity index (χ2v) is 11.8. The van der Waals surface area contributed by atoms with E-state index in [1.807, 2.05) is 6.92 Å². The second-order valence-electron chi connectivity index (χ2n) is 9.47. The number of nitrogens with zero attached hydrogens (tertiary/aromatic N) is 3. The van der Waals surface area contributed by atoms with Gasteiger partial charge in [-0.1, -0.05) is 0 Å². The summed E-state index contributed by atoms with van der Waals surface area (Å²) in [4.78, 5) is 20.3. The van der Waals surface area contributed by atoms with Crippen molar-refractivity contribution in [1.29, 1.82) is 0 Å². The quantitative estimate of drug-likeness (QED) is 0.425. The summed E-state index contributed by atoms with van der Waals surface area (Å²) < 4.78 is 79.0. The van der Waals surface area contributed by atoms with Crippen LogP contribution in [0.3, 0.4) is 0 Å². The Morgan fingerprint density at radius 2 is 1.97 bits per heavy atom. The van der Waals surface area contributed by atoms with Crippen molar-refractivity contribution >= 4 is 43.7 Å². The SMILES string of the molecule is Cc1cc(N=S2(=O)CC3(COC3)C2)cc2ncnc(Nc3ccc(F)cc3OCC(=O)NCC(F)(F)F)c12. The Balaban J connectivity index is 1.37. The molecule has 14 heteroatoms.